The Hall–Kier alpha value is -0.890. The Morgan fingerprint density at radius 1 is 1.00 bits per heavy atom. The molecule has 1 aliphatic carbocycles. The number of aliphatic imine (C=N–C) groups is 1. The standard InChI is InChI=1S/C23H46N6O/c1-4-24-22(25-18-21(2)19-28-12-10-27(3)11-13-28)26-20-23(8-6-5-7-9-23)29-14-16-30-17-15-29/h21H,4-20H2,1-3H3,(H2,24,25,26). The SMILES string of the molecule is CCNC(=NCC1(N2CCOCC2)CCCCC1)NCC(C)CN1CCN(C)CC1. The molecule has 7 heteroatoms. The van der Waals surface area contributed by atoms with Gasteiger partial charge in [0.25, 0.3) is 0 Å². The first-order chi connectivity index (χ1) is 14.6. The summed E-state index contributed by atoms with van der Waals surface area (Å²) < 4.78 is 5.62. The van der Waals surface area contributed by atoms with Crippen molar-refractivity contribution in [1.82, 2.24) is 25.3 Å². The highest BCUT2D eigenvalue weighted by Gasteiger charge is 2.38. The van der Waals surface area contributed by atoms with Gasteiger partial charge < -0.3 is 25.2 Å². The largest absolute Gasteiger partial charge is 0.379 e. The van der Waals surface area contributed by atoms with Crippen LogP contribution in [0.2, 0.25) is 0 Å². The summed E-state index contributed by atoms with van der Waals surface area (Å²) in [7, 11) is 2.22. The number of nitrogens with zero attached hydrogens (tertiary/aromatic N) is 4. The maximum Gasteiger partial charge on any atom is 0.191 e. The summed E-state index contributed by atoms with van der Waals surface area (Å²) in [5, 5.41) is 7.12. The second-order valence-corrected chi connectivity index (χ2v) is 9.67. The van der Waals surface area contributed by atoms with Gasteiger partial charge in [-0.1, -0.05) is 26.2 Å². The monoisotopic (exact) mass is 422 g/mol. The second kappa shape index (κ2) is 12.2. The van der Waals surface area contributed by atoms with Crippen LogP contribution >= 0.6 is 0 Å². The van der Waals surface area contributed by atoms with Gasteiger partial charge in [-0.15, -0.1) is 0 Å². The number of hydrogen-bond acceptors (Lipinski definition) is 5. The molecule has 0 bridgehead atoms. The van der Waals surface area contributed by atoms with Crippen molar-refractivity contribution in [3.63, 3.8) is 0 Å². The van der Waals surface area contributed by atoms with E-state index in [9.17, 15) is 0 Å². The highest BCUT2D eigenvalue weighted by atomic mass is 16.5. The third kappa shape index (κ3) is 7.08. The first kappa shape index (κ1) is 23.8. The zero-order chi connectivity index (χ0) is 21.2. The average molecular weight is 423 g/mol. The molecule has 2 heterocycles. The molecule has 2 N–H and O–H groups in total. The molecule has 1 unspecified atom stereocenters. The van der Waals surface area contributed by atoms with Gasteiger partial charge in [-0.05, 0) is 32.7 Å². The first-order valence-corrected chi connectivity index (χ1v) is 12.4. The molecule has 1 saturated carbocycles. The Kier molecular flexibility index (Phi) is 9.68. The van der Waals surface area contributed by atoms with Crippen LogP contribution in [0.3, 0.4) is 0 Å². The van der Waals surface area contributed by atoms with Gasteiger partial charge in [0.15, 0.2) is 5.96 Å². The van der Waals surface area contributed by atoms with Crippen LogP contribution in [0.15, 0.2) is 4.99 Å². The molecule has 30 heavy (non-hydrogen) atoms. The molecule has 174 valence electrons. The first-order valence-electron chi connectivity index (χ1n) is 12.4. The number of likely N-dealkylation sites (N-methyl/N-ethyl adjacent to an activating group) is 1. The van der Waals surface area contributed by atoms with Crippen molar-refractivity contribution in [2.24, 2.45) is 10.9 Å². The maximum absolute atomic E-state index is 5.62. The van der Waals surface area contributed by atoms with Crippen molar-refractivity contribution in [2.45, 2.75) is 51.5 Å². The van der Waals surface area contributed by atoms with E-state index in [2.05, 4.69) is 46.2 Å². The van der Waals surface area contributed by atoms with E-state index in [-0.39, 0.29) is 5.54 Å². The Bertz CT molecular complexity index is 508. The topological polar surface area (TPSA) is 55.4 Å². The fourth-order valence-corrected chi connectivity index (χ4v) is 5.20. The molecule has 0 aromatic rings. The summed E-state index contributed by atoms with van der Waals surface area (Å²) in [6, 6.07) is 0. The van der Waals surface area contributed by atoms with E-state index in [1.807, 2.05) is 0 Å². The molecule has 2 aliphatic heterocycles. The van der Waals surface area contributed by atoms with Gasteiger partial charge in [-0.25, -0.2) is 0 Å². The minimum atomic E-state index is 0.232. The summed E-state index contributed by atoms with van der Waals surface area (Å²) >= 11 is 0. The molecule has 2 saturated heterocycles. The maximum atomic E-state index is 5.62. The molecular weight excluding hydrogens is 376 g/mol. The van der Waals surface area contributed by atoms with Crippen LogP contribution in [0.5, 0.6) is 0 Å². The van der Waals surface area contributed by atoms with Crippen molar-refractivity contribution in [3.05, 3.63) is 0 Å². The number of piperazine rings is 1. The lowest BCUT2D eigenvalue weighted by atomic mass is 9.80. The Morgan fingerprint density at radius 2 is 1.70 bits per heavy atom. The van der Waals surface area contributed by atoms with Crippen molar-refractivity contribution >= 4 is 5.96 Å². The number of hydrogen-bond donors (Lipinski definition) is 2. The second-order valence-electron chi connectivity index (χ2n) is 9.67. The highest BCUT2D eigenvalue weighted by molar-refractivity contribution is 5.79. The molecule has 0 aromatic carbocycles. The number of nitrogens with one attached hydrogen (secondary N) is 2. The predicted molar refractivity (Wildman–Crippen MR) is 125 cm³/mol. The van der Waals surface area contributed by atoms with Gasteiger partial charge in [0.2, 0.25) is 0 Å². The van der Waals surface area contributed by atoms with Crippen LogP contribution in [-0.2, 0) is 4.74 Å². The minimum absolute atomic E-state index is 0.232. The van der Waals surface area contributed by atoms with Crippen molar-refractivity contribution in [1.29, 1.82) is 0 Å². The summed E-state index contributed by atoms with van der Waals surface area (Å²) in [5.74, 6) is 1.60. The Balaban J connectivity index is 1.53. The van der Waals surface area contributed by atoms with E-state index < -0.39 is 0 Å². The predicted octanol–water partition coefficient (Wildman–Crippen LogP) is 1.46. The zero-order valence-electron chi connectivity index (χ0n) is 19.8. The molecule has 7 nitrogen and oxygen atoms in total. The van der Waals surface area contributed by atoms with Crippen molar-refractivity contribution < 1.29 is 4.74 Å². The van der Waals surface area contributed by atoms with Gasteiger partial charge in [0.1, 0.15) is 0 Å². The number of ether oxygens (including phenoxy) is 1. The Labute approximate surface area is 184 Å². The summed E-state index contributed by atoms with van der Waals surface area (Å²) in [6.45, 7) is 17.1. The van der Waals surface area contributed by atoms with Crippen LogP contribution in [0.1, 0.15) is 46.0 Å². The van der Waals surface area contributed by atoms with Crippen LogP contribution < -0.4 is 10.6 Å². The third-order valence-corrected chi connectivity index (χ3v) is 7.13. The fraction of sp³-hybridized carbons (Fsp3) is 0.957. The van der Waals surface area contributed by atoms with E-state index in [0.717, 1.165) is 58.4 Å². The molecule has 0 amide bonds. The number of rotatable bonds is 8. The lowest BCUT2D eigenvalue weighted by Gasteiger charge is -2.47. The van der Waals surface area contributed by atoms with Crippen LogP contribution in [0.25, 0.3) is 0 Å². The summed E-state index contributed by atoms with van der Waals surface area (Å²) in [6.07, 6.45) is 6.58. The fourth-order valence-electron chi connectivity index (χ4n) is 5.20. The molecule has 3 aliphatic rings. The molecule has 3 fully saturated rings. The van der Waals surface area contributed by atoms with Crippen LogP contribution in [-0.4, -0.2) is 112 Å². The average Bonchev–Trinajstić information content (AvgIpc) is 2.78. The number of morpholine rings is 1. The minimum Gasteiger partial charge on any atom is -0.379 e. The Morgan fingerprint density at radius 3 is 2.37 bits per heavy atom. The van der Waals surface area contributed by atoms with Gasteiger partial charge in [-0.2, -0.15) is 0 Å². The van der Waals surface area contributed by atoms with E-state index >= 15 is 0 Å². The lowest BCUT2D eigenvalue weighted by Crippen LogP contribution is -2.56. The quantitative estimate of drug-likeness (QED) is 0.456. The molecule has 0 spiro atoms. The van der Waals surface area contributed by atoms with Gasteiger partial charge in [-0.3, -0.25) is 9.89 Å². The smallest absolute Gasteiger partial charge is 0.191 e. The van der Waals surface area contributed by atoms with Crippen LogP contribution in [0.4, 0.5) is 0 Å². The van der Waals surface area contributed by atoms with E-state index in [4.69, 9.17) is 9.73 Å². The third-order valence-electron chi connectivity index (χ3n) is 7.13. The summed E-state index contributed by atoms with van der Waals surface area (Å²) in [4.78, 5) is 12.8. The zero-order valence-corrected chi connectivity index (χ0v) is 19.8. The summed E-state index contributed by atoms with van der Waals surface area (Å²) in [5.41, 5.74) is 0.232. The van der Waals surface area contributed by atoms with Crippen molar-refractivity contribution in [2.75, 3.05) is 85.7 Å². The van der Waals surface area contributed by atoms with E-state index in [0.29, 0.717) is 5.92 Å². The van der Waals surface area contributed by atoms with Gasteiger partial charge >= 0.3 is 0 Å². The highest BCUT2D eigenvalue weighted by Crippen LogP contribution is 2.34. The lowest BCUT2D eigenvalue weighted by molar-refractivity contribution is -0.0333. The van der Waals surface area contributed by atoms with Crippen LogP contribution in [0, 0.1) is 5.92 Å². The molecule has 0 radical (unpaired) electrons. The van der Waals surface area contributed by atoms with Gasteiger partial charge in [0, 0.05) is 64.4 Å². The van der Waals surface area contributed by atoms with E-state index in [1.165, 1.54) is 58.3 Å². The van der Waals surface area contributed by atoms with Crippen molar-refractivity contribution in [3.8, 4) is 0 Å². The number of guanidine groups is 1. The van der Waals surface area contributed by atoms with E-state index in [1.54, 1.807) is 0 Å². The molecule has 3 rings (SSSR count). The normalized spacial score (nSPS) is 25.8. The van der Waals surface area contributed by atoms with Gasteiger partial charge in [0.05, 0.1) is 19.8 Å². The molecular formula is C23H46N6O. The molecule has 1 atom stereocenters. The molecule has 0 aromatic heterocycles.